The topological polar surface area (TPSA) is 57.5 Å². The van der Waals surface area contributed by atoms with Gasteiger partial charge in [0.05, 0.1) is 0 Å². The van der Waals surface area contributed by atoms with Crippen LogP contribution in [0.2, 0.25) is 0 Å². The van der Waals surface area contributed by atoms with Gasteiger partial charge in [0.1, 0.15) is 17.3 Å². The quantitative estimate of drug-likeness (QED) is 0.830. The number of phenolic OH excluding ortho intramolecular Hbond substituents is 2. The molecule has 132 valence electrons. The van der Waals surface area contributed by atoms with Crippen LogP contribution in [-0.2, 0) is 10.2 Å². The minimum Gasteiger partial charge on any atom is -0.507 e. The first-order chi connectivity index (χ1) is 11.7. The van der Waals surface area contributed by atoms with Crippen LogP contribution >= 0.6 is 0 Å². The molecule has 2 aromatic rings. The summed E-state index contributed by atoms with van der Waals surface area (Å²) in [6.45, 7) is 7.67. The van der Waals surface area contributed by atoms with E-state index in [2.05, 4.69) is 24.3 Å². The highest BCUT2D eigenvalue weighted by molar-refractivity contribution is 5.80. The summed E-state index contributed by atoms with van der Waals surface area (Å²) in [5.41, 5.74) is 5.49. The summed E-state index contributed by atoms with van der Waals surface area (Å²) < 4.78 is 0. The molecule has 0 heterocycles. The number of aryl methyl sites for hydroxylation is 4. The van der Waals surface area contributed by atoms with Crippen molar-refractivity contribution < 1.29 is 15.0 Å². The summed E-state index contributed by atoms with van der Waals surface area (Å²) in [7, 11) is 0. The van der Waals surface area contributed by atoms with Crippen LogP contribution in [0.1, 0.15) is 59.1 Å². The molecule has 0 amide bonds. The predicted molar refractivity (Wildman–Crippen MR) is 99.4 cm³/mol. The van der Waals surface area contributed by atoms with Crippen molar-refractivity contribution in [2.45, 2.75) is 58.8 Å². The van der Waals surface area contributed by atoms with Crippen molar-refractivity contribution in [3.05, 3.63) is 57.6 Å². The van der Waals surface area contributed by atoms with Gasteiger partial charge in [-0.3, -0.25) is 4.79 Å². The molecule has 0 saturated heterocycles. The van der Waals surface area contributed by atoms with Crippen LogP contribution in [0.25, 0.3) is 0 Å². The van der Waals surface area contributed by atoms with E-state index < -0.39 is 0 Å². The summed E-state index contributed by atoms with van der Waals surface area (Å²) in [5, 5.41) is 20.3. The lowest BCUT2D eigenvalue weighted by molar-refractivity contribution is -0.121. The van der Waals surface area contributed by atoms with Crippen LogP contribution < -0.4 is 0 Å². The van der Waals surface area contributed by atoms with Crippen molar-refractivity contribution in [1.29, 1.82) is 0 Å². The summed E-state index contributed by atoms with van der Waals surface area (Å²) in [6.07, 6.45) is 2.66. The SMILES string of the molecule is Cc1cc(C2(c3cc(C)c(O)c(C)c3)CCC(=O)CC2)cc(C)c1O. The highest BCUT2D eigenvalue weighted by atomic mass is 16.3. The van der Waals surface area contributed by atoms with E-state index in [1.54, 1.807) is 0 Å². The molecular weight excluding hydrogens is 312 g/mol. The third-order valence-electron chi connectivity index (χ3n) is 5.75. The van der Waals surface area contributed by atoms with Gasteiger partial charge in [0.25, 0.3) is 0 Å². The highest BCUT2D eigenvalue weighted by Crippen LogP contribution is 2.46. The first-order valence-electron chi connectivity index (χ1n) is 8.87. The Morgan fingerprint density at radius 3 is 1.36 bits per heavy atom. The molecule has 0 atom stereocenters. The van der Waals surface area contributed by atoms with Crippen molar-refractivity contribution in [2.75, 3.05) is 0 Å². The van der Waals surface area contributed by atoms with Gasteiger partial charge in [-0.2, -0.15) is 0 Å². The summed E-state index contributed by atoms with van der Waals surface area (Å²) >= 11 is 0. The molecule has 1 aliphatic rings. The Hall–Kier alpha value is -2.29. The van der Waals surface area contributed by atoms with Crippen LogP contribution in [0.15, 0.2) is 24.3 Å². The van der Waals surface area contributed by atoms with Crippen molar-refractivity contribution in [3.63, 3.8) is 0 Å². The normalized spacial score (nSPS) is 16.9. The minimum absolute atomic E-state index is 0.250. The monoisotopic (exact) mass is 338 g/mol. The molecule has 0 radical (unpaired) electrons. The van der Waals surface area contributed by atoms with Crippen molar-refractivity contribution >= 4 is 5.78 Å². The lowest BCUT2D eigenvalue weighted by Crippen LogP contribution is -2.33. The fourth-order valence-corrected chi connectivity index (χ4v) is 4.16. The van der Waals surface area contributed by atoms with E-state index >= 15 is 0 Å². The number of Topliss-reactive ketones (excluding diaryl/α,β-unsaturated/α-hetero) is 1. The van der Waals surface area contributed by atoms with Gasteiger partial charge >= 0.3 is 0 Å². The molecule has 1 fully saturated rings. The van der Waals surface area contributed by atoms with E-state index in [9.17, 15) is 15.0 Å². The highest BCUT2D eigenvalue weighted by Gasteiger charge is 2.39. The third kappa shape index (κ3) is 2.92. The first-order valence-corrected chi connectivity index (χ1v) is 8.87. The van der Waals surface area contributed by atoms with Crippen molar-refractivity contribution in [2.24, 2.45) is 0 Å². The Bertz CT molecular complexity index is 733. The number of ketones is 1. The number of phenols is 2. The summed E-state index contributed by atoms with van der Waals surface area (Å²) in [5.74, 6) is 0.989. The van der Waals surface area contributed by atoms with Crippen LogP contribution in [-0.4, -0.2) is 16.0 Å². The van der Waals surface area contributed by atoms with Gasteiger partial charge in [-0.15, -0.1) is 0 Å². The Morgan fingerprint density at radius 1 is 0.720 bits per heavy atom. The molecule has 25 heavy (non-hydrogen) atoms. The molecule has 0 unspecified atom stereocenters. The fourth-order valence-electron chi connectivity index (χ4n) is 4.16. The van der Waals surface area contributed by atoms with Gasteiger partial charge in [-0.05, 0) is 73.9 Å². The van der Waals surface area contributed by atoms with E-state index in [1.165, 1.54) is 0 Å². The van der Waals surface area contributed by atoms with E-state index in [1.807, 2.05) is 27.7 Å². The van der Waals surface area contributed by atoms with E-state index in [0.29, 0.717) is 30.1 Å². The van der Waals surface area contributed by atoms with Crippen LogP contribution in [0, 0.1) is 27.7 Å². The second kappa shape index (κ2) is 6.21. The average Bonchev–Trinajstić information content (AvgIpc) is 2.57. The molecule has 3 rings (SSSR count). The molecule has 0 aromatic heterocycles. The minimum atomic E-state index is -0.250. The first kappa shape index (κ1) is 17.5. The molecule has 1 saturated carbocycles. The van der Waals surface area contributed by atoms with Crippen LogP contribution in [0.4, 0.5) is 0 Å². The fraction of sp³-hybridized carbons (Fsp3) is 0.409. The number of carbonyl (C=O) groups is 1. The van der Waals surface area contributed by atoms with E-state index in [0.717, 1.165) is 46.2 Å². The summed E-state index contributed by atoms with van der Waals surface area (Å²) in [4.78, 5) is 11.9. The number of hydrogen-bond donors (Lipinski definition) is 2. The zero-order valence-electron chi connectivity index (χ0n) is 15.4. The largest absolute Gasteiger partial charge is 0.507 e. The molecular formula is C22H26O3. The maximum absolute atomic E-state index is 11.9. The molecule has 0 bridgehead atoms. The zero-order chi connectivity index (χ0) is 18.4. The smallest absolute Gasteiger partial charge is 0.133 e. The molecule has 0 spiro atoms. The van der Waals surface area contributed by atoms with Gasteiger partial charge in [0.2, 0.25) is 0 Å². The van der Waals surface area contributed by atoms with Gasteiger partial charge in [0, 0.05) is 18.3 Å². The third-order valence-corrected chi connectivity index (χ3v) is 5.75. The van der Waals surface area contributed by atoms with Gasteiger partial charge in [0.15, 0.2) is 0 Å². The Balaban J connectivity index is 2.23. The maximum Gasteiger partial charge on any atom is 0.133 e. The van der Waals surface area contributed by atoms with E-state index in [4.69, 9.17) is 0 Å². The van der Waals surface area contributed by atoms with Crippen molar-refractivity contribution in [3.8, 4) is 11.5 Å². The molecule has 0 aliphatic heterocycles. The predicted octanol–water partition coefficient (Wildman–Crippen LogP) is 4.76. The van der Waals surface area contributed by atoms with Gasteiger partial charge < -0.3 is 10.2 Å². The molecule has 3 nitrogen and oxygen atoms in total. The second-order valence-electron chi connectivity index (χ2n) is 7.54. The molecule has 1 aliphatic carbocycles. The Morgan fingerprint density at radius 2 is 1.04 bits per heavy atom. The zero-order valence-corrected chi connectivity index (χ0v) is 15.4. The van der Waals surface area contributed by atoms with Gasteiger partial charge in [-0.1, -0.05) is 24.3 Å². The molecule has 2 aromatic carbocycles. The number of rotatable bonds is 2. The van der Waals surface area contributed by atoms with Crippen LogP contribution in [0.3, 0.4) is 0 Å². The molecule has 3 heteroatoms. The maximum atomic E-state index is 11.9. The van der Waals surface area contributed by atoms with E-state index in [-0.39, 0.29) is 5.41 Å². The lowest BCUT2D eigenvalue weighted by atomic mass is 9.64. The van der Waals surface area contributed by atoms with Crippen LogP contribution in [0.5, 0.6) is 11.5 Å². The average molecular weight is 338 g/mol. The lowest BCUT2D eigenvalue weighted by Gasteiger charge is -2.39. The standard InChI is InChI=1S/C22H26O3/c1-13-9-17(10-14(2)20(13)24)22(7-5-19(23)6-8-22)18-11-15(3)21(25)16(4)12-18/h9-12,24-25H,5-8H2,1-4H3. The van der Waals surface area contributed by atoms with Gasteiger partial charge in [-0.25, -0.2) is 0 Å². The number of carbonyl (C=O) groups excluding carboxylic acids is 1. The Labute approximate surface area is 149 Å². The number of aromatic hydroxyl groups is 2. The summed E-state index contributed by atoms with van der Waals surface area (Å²) in [6, 6.07) is 8.20. The number of benzene rings is 2. The van der Waals surface area contributed by atoms with Crippen molar-refractivity contribution in [1.82, 2.24) is 0 Å². The number of hydrogen-bond acceptors (Lipinski definition) is 3. The Kier molecular flexibility index (Phi) is 4.36. The molecule has 2 N–H and O–H groups in total. The second-order valence-corrected chi connectivity index (χ2v) is 7.54.